The van der Waals surface area contributed by atoms with E-state index in [9.17, 15) is 0 Å². The molecule has 0 unspecified atom stereocenters. The summed E-state index contributed by atoms with van der Waals surface area (Å²) >= 11 is 0. The van der Waals surface area contributed by atoms with Gasteiger partial charge in [0.25, 0.3) is 0 Å². The second kappa shape index (κ2) is 12.7. The molecule has 278 valence electrons. The van der Waals surface area contributed by atoms with Gasteiger partial charge < -0.3 is 8.98 Å². The summed E-state index contributed by atoms with van der Waals surface area (Å²) in [6.45, 7) is 4.60. The van der Waals surface area contributed by atoms with Gasteiger partial charge in [0.05, 0.1) is 11.0 Å². The lowest BCUT2D eigenvalue weighted by Gasteiger charge is -2.21. The van der Waals surface area contributed by atoms with Crippen molar-refractivity contribution >= 4 is 43.7 Å². The predicted molar refractivity (Wildman–Crippen MR) is 241 cm³/mol. The number of fused-ring (bicyclic) bond motifs is 9. The molecule has 0 aliphatic heterocycles. The molecular formula is C54H36N4O. The van der Waals surface area contributed by atoms with Crippen molar-refractivity contribution in [2.75, 3.05) is 0 Å². The van der Waals surface area contributed by atoms with Gasteiger partial charge in [-0.3, -0.25) is 0 Å². The predicted octanol–water partition coefficient (Wildman–Crippen LogP) is 13.8. The minimum atomic E-state index is -0.149. The van der Waals surface area contributed by atoms with Gasteiger partial charge in [0.1, 0.15) is 11.2 Å². The number of nitrogens with zero attached hydrogens (tertiary/aromatic N) is 4. The number of hydrogen-bond acceptors (Lipinski definition) is 4. The van der Waals surface area contributed by atoms with Crippen LogP contribution in [0.5, 0.6) is 0 Å². The average molecular weight is 757 g/mol. The second-order valence-corrected chi connectivity index (χ2v) is 16.0. The van der Waals surface area contributed by atoms with Gasteiger partial charge in [-0.15, -0.1) is 0 Å². The fraction of sp³-hybridized carbons (Fsp3) is 0.0556. The molecular weight excluding hydrogens is 721 g/mol. The molecule has 0 N–H and O–H groups in total. The van der Waals surface area contributed by atoms with E-state index in [1.165, 1.54) is 44.2 Å². The van der Waals surface area contributed by atoms with Crippen LogP contribution in [-0.4, -0.2) is 19.5 Å². The highest BCUT2D eigenvalue weighted by molar-refractivity contribution is 6.16. The smallest absolute Gasteiger partial charge is 0.164 e. The van der Waals surface area contributed by atoms with Crippen LogP contribution in [0.15, 0.2) is 186 Å². The summed E-state index contributed by atoms with van der Waals surface area (Å²) < 4.78 is 9.07. The highest BCUT2D eigenvalue weighted by Crippen LogP contribution is 2.49. The highest BCUT2D eigenvalue weighted by atomic mass is 16.3. The molecule has 8 aromatic carbocycles. The Morgan fingerprint density at radius 1 is 0.407 bits per heavy atom. The van der Waals surface area contributed by atoms with E-state index in [-0.39, 0.29) is 5.41 Å². The first-order valence-electron chi connectivity index (χ1n) is 20.1. The lowest BCUT2D eigenvalue weighted by molar-refractivity contribution is 0.660. The molecule has 1 aliphatic carbocycles. The van der Waals surface area contributed by atoms with Gasteiger partial charge in [0.15, 0.2) is 17.5 Å². The number of para-hydroxylation sites is 1. The van der Waals surface area contributed by atoms with Crippen molar-refractivity contribution < 1.29 is 4.42 Å². The molecule has 0 radical (unpaired) electrons. The van der Waals surface area contributed by atoms with E-state index in [1.54, 1.807) is 0 Å². The van der Waals surface area contributed by atoms with Gasteiger partial charge in [-0.2, -0.15) is 0 Å². The Balaban J connectivity index is 1.03. The lowest BCUT2D eigenvalue weighted by atomic mass is 9.82. The van der Waals surface area contributed by atoms with Crippen LogP contribution >= 0.6 is 0 Å². The lowest BCUT2D eigenvalue weighted by Crippen LogP contribution is -2.15. The third-order valence-corrected chi connectivity index (χ3v) is 12.3. The van der Waals surface area contributed by atoms with Gasteiger partial charge in [-0.1, -0.05) is 153 Å². The quantitative estimate of drug-likeness (QED) is 0.175. The van der Waals surface area contributed by atoms with Crippen LogP contribution in [0.4, 0.5) is 0 Å². The summed E-state index contributed by atoms with van der Waals surface area (Å²) in [5.41, 5.74) is 15.1. The van der Waals surface area contributed by atoms with Crippen LogP contribution < -0.4 is 0 Å². The normalized spacial score (nSPS) is 13.1. The summed E-state index contributed by atoms with van der Waals surface area (Å²) in [5, 5.41) is 4.43. The maximum Gasteiger partial charge on any atom is 0.164 e. The summed E-state index contributed by atoms with van der Waals surface area (Å²) in [7, 11) is 0. The zero-order chi connectivity index (χ0) is 39.2. The third kappa shape index (κ3) is 5.08. The summed E-state index contributed by atoms with van der Waals surface area (Å²) in [4.78, 5) is 15.5. The Morgan fingerprint density at radius 2 is 1.05 bits per heavy atom. The first kappa shape index (κ1) is 33.5. The molecule has 5 heteroatoms. The standard InChI is InChI=1S/C54H36N4O/c1-54(2)43-23-11-9-19-38(43)39-29-27-35(31-44(39)54)52-55-51(34-17-7-4-8-18-34)56-53(57-52)42-22-14-26-47-50(42)41-30-28-36(32-48(41)59-47)58-45-24-12-10-20-40(45)49-37(21-13-25-46(49)58)33-15-5-3-6-16-33/h3-32H,1-2H3. The first-order valence-corrected chi connectivity index (χ1v) is 20.1. The van der Waals surface area contributed by atoms with E-state index in [0.717, 1.165) is 55.3 Å². The fourth-order valence-electron chi connectivity index (χ4n) is 9.48. The van der Waals surface area contributed by atoms with Crippen molar-refractivity contribution in [2.45, 2.75) is 19.3 Å². The molecule has 0 saturated heterocycles. The molecule has 59 heavy (non-hydrogen) atoms. The molecule has 0 amide bonds. The van der Waals surface area contributed by atoms with E-state index < -0.39 is 0 Å². The van der Waals surface area contributed by atoms with Crippen molar-refractivity contribution in [3.63, 3.8) is 0 Å². The largest absolute Gasteiger partial charge is 0.456 e. The SMILES string of the molecule is CC1(C)c2ccccc2-c2ccc(-c3nc(-c4ccccc4)nc(-c4cccc5oc6cc(-n7c8ccccc8c8c(-c9ccccc9)cccc87)ccc6c45)n3)cc21. The molecule has 1 aliphatic rings. The Morgan fingerprint density at radius 3 is 1.90 bits per heavy atom. The highest BCUT2D eigenvalue weighted by Gasteiger charge is 2.35. The van der Waals surface area contributed by atoms with Crippen LogP contribution in [-0.2, 0) is 5.41 Å². The maximum absolute atomic E-state index is 6.72. The van der Waals surface area contributed by atoms with E-state index >= 15 is 0 Å². The van der Waals surface area contributed by atoms with Crippen LogP contribution in [0, 0.1) is 0 Å². The van der Waals surface area contributed by atoms with Crippen LogP contribution in [0.3, 0.4) is 0 Å². The molecule has 5 nitrogen and oxygen atoms in total. The molecule has 0 bridgehead atoms. The fourth-order valence-corrected chi connectivity index (χ4v) is 9.48. The monoisotopic (exact) mass is 756 g/mol. The number of rotatable bonds is 5. The van der Waals surface area contributed by atoms with Crippen molar-refractivity contribution in [3.05, 3.63) is 193 Å². The second-order valence-electron chi connectivity index (χ2n) is 16.0. The summed E-state index contributed by atoms with van der Waals surface area (Å²) in [6, 6.07) is 64.1. The molecule has 0 fully saturated rings. The molecule has 12 rings (SSSR count). The Labute approximate surface area is 340 Å². The Kier molecular flexibility index (Phi) is 7.20. The molecule has 11 aromatic rings. The minimum absolute atomic E-state index is 0.149. The number of aromatic nitrogens is 4. The maximum atomic E-state index is 6.72. The van der Waals surface area contributed by atoms with E-state index in [0.29, 0.717) is 17.5 Å². The molecule has 3 aromatic heterocycles. The van der Waals surface area contributed by atoms with Gasteiger partial charge in [-0.05, 0) is 69.8 Å². The van der Waals surface area contributed by atoms with Crippen molar-refractivity contribution in [1.82, 2.24) is 19.5 Å². The van der Waals surface area contributed by atoms with Crippen LogP contribution in [0.1, 0.15) is 25.0 Å². The van der Waals surface area contributed by atoms with Crippen molar-refractivity contribution in [1.29, 1.82) is 0 Å². The Bertz CT molecular complexity index is 3470. The number of benzene rings is 8. The van der Waals surface area contributed by atoms with Crippen molar-refractivity contribution in [2.24, 2.45) is 0 Å². The van der Waals surface area contributed by atoms with Crippen molar-refractivity contribution in [3.8, 4) is 62.1 Å². The number of hydrogen-bond donors (Lipinski definition) is 0. The van der Waals surface area contributed by atoms with E-state index in [1.807, 2.05) is 30.3 Å². The van der Waals surface area contributed by atoms with Gasteiger partial charge in [0, 0.05) is 55.4 Å². The Hall–Kier alpha value is -7.63. The van der Waals surface area contributed by atoms with E-state index in [4.69, 9.17) is 19.4 Å². The zero-order valence-corrected chi connectivity index (χ0v) is 32.5. The molecule has 0 saturated carbocycles. The minimum Gasteiger partial charge on any atom is -0.456 e. The topological polar surface area (TPSA) is 56.7 Å². The summed E-state index contributed by atoms with van der Waals surface area (Å²) in [5.74, 6) is 1.86. The van der Waals surface area contributed by atoms with Crippen LogP contribution in [0.2, 0.25) is 0 Å². The third-order valence-electron chi connectivity index (χ3n) is 12.3. The average Bonchev–Trinajstić information content (AvgIpc) is 3.92. The molecule has 0 spiro atoms. The van der Waals surface area contributed by atoms with Crippen LogP contribution in [0.25, 0.3) is 106 Å². The van der Waals surface area contributed by atoms with Gasteiger partial charge >= 0.3 is 0 Å². The van der Waals surface area contributed by atoms with Gasteiger partial charge in [-0.25, -0.2) is 15.0 Å². The summed E-state index contributed by atoms with van der Waals surface area (Å²) in [6.07, 6.45) is 0. The van der Waals surface area contributed by atoms with E-state index in [2.05, 4.69) is 170 Å². The number of furan rings is 1. The zero-order valence-electron chi connectivity index (χ0n) is 32.5. The molecule has 0 atom stereocenters. The first-order chi connectivity index (χ1) is 29.0. The van der Waals surface area contributed by atoms with Gasteiger partial charge in [0.2, 0.25) is 0 Å². The molecule has 3 heterocycles.